The molecule has 0 radical (unpaired) electrons. The number of ether oxygens (including phenoxy) is 1. The number of carbonyl (C=O) groups is 1. The lowest BCUT2D eigenvalue weighted by Crippen LogP contribution is -2.33. The first-order chi connectivity index (χ1) is 13.3. The van der Waals surface area contributed by atoms with Crippen molar-refractivity contribution in [2.75, 3.05) is 30.3 Å². The average Bonchev–Trinajstić information content (AvgIpc) is 2.62. The molecule has 0 aliphatic carbocycles. The number of para-hydroxylation sites is 1. The van der Waals surface area contributed by atoms with Gasteiger partial charge in [0.15, 0.2) is 0 Å². The molecule has 2 aromatic carbocycles. The number of nitrogens with zero attached hydrogens (tertiary/aromatic N) is 1. The maximum absolute atomic E-state index is 12.1. The van der Waals surface area contributed by atoms with Crippen molar-refractivity contribution in [1.29, 1.82) is 0 Å². The molecule has 0 fully saturated rings. The Morgan fingerprint density at radius 1 is 1.18 bits per heavy atom. The molecular weight excluding hydrogens is 400 g/mol. The van der Waals surface area contributed by atoms with E-state index >= 15 is 0 Å². The Balaban J connectivity index is 1.76. The summed E-state index contributed by atoms with van der Waals surface area (Å²) in [6.07, 6.45) is 1.81. The lowest BCUT2D eigenvalue weighted by Gasteiger charge is -2.22. The van der Waals surface area contributed by atoms with Crippen LogP contribution in [0.4, 0.5) is 5.69 Å². The van der Waals surface area contributed by atoms with Gasteiger partial charge in [-0.3, -0.25) is 9.10 Å². The zero-order chi connectivity index (χ0) is 20.6. The molecule has 1 amide bonds. The van der Waals surface area contributed by atoms with Gasteiger partial charge in [-0.15, -0.1) is 0 Å². The summed E-state index contributed by atoms with van der Waals surface area (Å²) in [6.45, 7) is 2.79. The van der Waals surface area contributed by atoms with E-state index in [1.165, 1.54) is 10.6 Å². The summed E-state index contributed by atoms with van der Waals surface area (Å²) >= 11 is 5.99. The SMILES string of the molecule is Cc1cccc(N(CCCC(=O)NCCOc2ccccc2Cl)S(C)(=O)=O)c1. The number of benzene rings is 2. The summed E-state index contributed by atoms with van der Waals surface area (Å²) in [6, 6.07) is 14.4. The predicted molar refractivity (Wildman–Crippen MR) is 113 cm³/mol. The van der Waals surface area contributed by atoms with E-state index < -0.39 is 10.0 Å². The summed E-state index contributed by atoms with van der Waals surface area (Å²) in [7, 11) is -3.42. The second-order valence-electron chi connectivity index (χ2n) is 6.41. The van der Waals surface area contributed by atoms with E-state index in [1.54, 1.807) is 18.2 Å². The van der Waals surface area contributed by atoms with Crippen LogP contribution in [0.15, 0.2) is 48.5 Å². The highest BCUT2D eigenvalue weighted by atomic mass is 35.5. The molecule has 0 heterocycles. The van der Waals surface area contributed by atoms with E-state index in [4.69, 9.17) is 16.3 Å². The molecule has 8 heteroatoms. The second kappa shape index (κ2) is 10.3. The topological polar surface area (TPSA) is 75.7 Å². The fourth-order valence-electron chi connectivity index (χ4n) is 2.65. The third-order valence-electron chi connectivity index (χ3n) is 3.97. The van der Waals surface area contributed by atoms with Gasteiger partial charge in [0.25, 0.3) is 0 Å². The first kappa shape index (κ1) is 22.0. The van der Waals surface area contributed by atoms with Gasteiger partial charge in [-0.25, -0.2) is 8.42 Å². The molecule has 0 aliphatic heterocycles. The minimum absolute atomic E-state index is 0.152. The first-order valence-electron chi connectivity index (χ1n) is 8.96. The number of nitrogens with one attached hydrogen (secondary N) is 1. The number of amides is 1. The molecule has 0 atom stereocenters. The van der Waals surface area contributed by atoms with Crippen molar-refractivity contribution in [2.45, 2.75) is 19.8 Å². The van der Waals surface area contributed by atoms with Crippen molar-refractivity contribution >= 4 is 33.2 Å². The molecule has 0 spiro atoms. The molecule has 1 N–H and O–H groups in total. The van der Waals surface area contributed by atoms with Gasteiger partial charge in [-0.1, -0.05) is 35.9 Å². The lowest BCUT2D eigenvalue weighted by molar-refractivity contribution is -0.121. The number of hydrogen-bond acceptors (Lipinski definition) is 4. The van der Waals surface area contributed by atoms with Gasteiger partial charge >= 0.3 is 0 Å². The minimum atomic E-state index is -3.42. The Kier molecular flexibility index (Phi) is 8.14. The van der Waals surface area contributed by atoms with Crippen LogP contribution >= 0.6 is 11.6 Å². The molecule has 0 saturated carbocycles. The van der Waals surface area contributed by atoms with Crippen molar-refractivity contribution in [3.63, 3.8) is 0 Å². The van der Waals surface area contributed by atoms with Crippen LogP contribution in [0.5, 0.6) is 5.75 Å². The summed E-state index contributed by atoms with van der Waals surface area (Å²) in [4.78, 5) is 12.0. The summed E-state index contributed by atoms with van der Waals surface area (Å²) in [5.41, 5.74) is 1.58. The lowest BCUT2D eigenvalue weighted by atomic mass is 10.2. The monoisotopic (exact) mass is 424 g/mol. The molecule has 2 rings (SSSR count). The third-order valence-corrected chi connectivity index (χ3v) is 5.48. The summed E-state index contributed by atoms with van der Waals surface area (Å²) < 4.78 is 31.0. The van der Waals surface area contributed by atoms with Gasteiger partial charge in [0, 0.05) is 13.0 Å². The maximum Gasteiger partial charge on any atom is 0.232 e. The molecule has 0 saturated heterocycles. The number of anilines is 1. The largest absolute Gasteiger partial charge is 0.490 e. The second-order valence-corrected chi connectivity index (χ2v) is 8.72. The van der Waals surface area contributed by atoms with Crippen LogP contribution in [-0.4, -0.2) is 40.3 Å². The quantitative estimate of drug-likeness (QED) is 0.593. The van der Waals surface area contributed by atoms with Crippen LogP contribution in [0, 0.1) is 6.92 Å². The molecule has 0 aromatic heterocycles. The van der Waals surface area contributed by atoms with Gasteiger partial charge in [-0.2, -0.15) is 0 Å². The highest BCUT2D eigenvalue weighted by Gasteiger charge is 2.17. The fourth-order valence-corrected chi connectivity index (χ4v) is 3.80. The van der Waals surface area contributed by atoms with Gasteiger partial charge in [-0.05, 0) is 43.2 Å². The molecule has 6 nitrogen and oxygen atoms in total. The van der Waals surface area contributed by atoms with E-state index in [9.17, 15) is 13.2 Å². The van der Waals surface area contributed by atoms with E-state index in [2.05, 4.69) is 5.32 Å². The van der Waals surface area contributed by atoms with E-state index in [-0.39, 0.29) is 18.9 Å². The minimum Gasteiger partial charge on any atom is -0.490 e. The maximum atomic E-state index is 12.1. The van der Waals surface area contributed by atoms with Crippen molar-refractivity contribution < 1.29 is 17.9 Å². The Bertz CT molecular complexity index is 903. The number of sulfonamides is 1. The molecule has 152 valence electrons. The molecular formula is C20H25ClN2O4S. The Hall–Kier alpha value is -2.25. The Labute approximate surface area is 171 Å². The van der Waals surface area contributed by atoms with Crippen LogP contribution < -0.4 is 14.4 Å². The van der Waals surface area contributed by atoms with E-state index in [1.807, 2.05) is 37.3 Å². The summed E-state index contributed by atoms with van der Waals surface area (Å²) in [5, 5.41) is 3.28. The standard InChI is InChI=1S/C20H25ClN2O4S/c1-16-7-5-8-17(15-16)23(28(2,25)26)13-6-11-20(24)22-12-14-27-19-10-4-3-9-18(19)21/h3-5,7-10,15H,6,11-14H2,1-2H3,(H,22,24). The molecule has 28 heavy (non-hydrogen) atoms. The highest BCUT2D eigenvalue weighted by Crippen LogP contribution is 2.22. The first-order valence-corrected chi connectivity index (χ1v) is 11.2. The van der Waals surface area contributed by atoms with Gasteiger partial charge in [0.1, 0.15) is 12.4 Å². The third kappa shape index (κ3) is 7.05. The smallest absolute Gasteiger partial charge is 0.232 e. The zero-order valence-electron chi connectivity index (χ0n) is 16.0. The van der Waals surface area contributed by atoms with Crippen molar-refractivity contribution in [3.8, 4) is 5.75 Å². The average molecular weight is 425 g/mol. The Morgan fingerprint density at radius 3 is 2.61 bits per heavy atom. The van der Waals surface area contributed by atoms with Crippen LogP contribution in [-0.2, 0) is 14.8 Å². The van der Waals surface area contributed by atoms with E-state index in [0.29, 0.717) is 36.0 Å². The Morgan fingerprint density at radius 2 is 1.93 bits per heavy atom. The van der Waals surface area contributed by atoms with Crippen molar-refractivity contribution in [2.24, 2.45) is 0 Å². The van der Waals surface area contributed by atoms with Crippen LogP contribution in [0.1, 0.15) is 18.4 Å². The number of hydrogen-bond donors (Lipinski definition) is 1. The number of rotatable bonds is 10. The molecule has 0 aliphatic rings. The summed E-state index contributed by atoms with van der Waals surface area (Å²) in [5.74, 6) is 0.417. The van der Waals surface area contributed by atoms with E-state index in [0.717, 1.165) is 5.56 Å². The van der Waals surface area contributed by atoms with Crippen LogP contribution in [0.3, 0.4) is 0 Å². The molecule has 2 aromatic rings. The molecule has 0 unspecified atom stereocenters. The number of carbonyl (C=O) groups excluding carboxylic acids is 1. The fraction of sp³-hybridized carbons (Fsp3) is 0.350. The van der Waals surface area contributed by atoms with Gasteiger partial charge < -0.3 is 10.1 Å². The van der Waals surface area contributed by atoms with Crippen molar-refractivity contribution in [1.82, 2.24) is 5.32 Å². The zero-order valence-corrected chi connectivity index (χ0v) is 17.6. The van der Waals surface area contributed by atoms with Gasteiger partial charge in [0.05, 0.1) is 23.5 Å². The van der Waals surface area contributed by atoms with Crippen molar-refractivity contribution in [3.05, 3.63) is 59.1 Å². The number of halogens is 1. The van der Waals surface area contributed by atoms with Crippen LogP contribution in [0.25, 0.3) is 0 Å². The highest BCUT2D eigenvalue weighted by molar-refractivity contribution is 7.92. The van der Waals surface area contributed by atoms with Crippen LogP contribution in [0.2, 0.25) is 5.02 Å². The molecule has 0 bridgehead atoms. The number of aryl methyl sites for hydroxylation is 1. The van der Waals surface area contributed by atoms with Gasteiger partial charge in [0.2, 0.25) is 15.9 Å². The predicted octanol–water partition coefficient (Wildman–Crippen LogP) is 3.39. The normalized spacial score (nSPS) is 11.1.